The number of thiazole rings is 1. The Morgan fingerprint density at radius 1 is 0.969 bits per heavy atom. The van der Waals surface area contributed by atoms with Crippen molar-refractivity contribution in [2.24, 2.45) is 0 Å². The molecule has 0 unspecified atom stereocenters. The molecule has 162 valence electrons. The first-order valence-corrected chi connectivity index (χ1v) is 12.5. The number of nitrogens with zero attached hydrogens (tertiary/aromatic N) is 1. The van der Waals surface area contributed by atoms with Crippen molar-refractivity contribution in [3.8, 4) is 11.5 Å². The lowest BCUT2D eigenvalue weighted by Gasteiger charge is -2.17. The molecule has 0 bridgehead atoms. The summed E-state index contributed by atoms with van der Waals surface area (Å²) in [6, 6.07) is 25.7. The standard InChI is InChI=1S/C25H23N3O2S2/c29-24-23(17-10-12-20(13-11-17)30-19-6-2-1-3-7-19)31-15-14-18(27-24)16-26-25-28-21-8-4-5-9-22(21)32-25/h1-13,18,23H,14-16H2,(H,26,28)(H,27,29)/t18-,23+/m0/s1. The van der Waals surface area contributed by atoms with Crippen LogP contribution in [0.1, 0.15) is 17.2 Å². The number of para-hydroxylation sites is 2. The maximum atomic E-state index is 12.9. The SMILES string of the molecule is O=C1N[C@H](CNc2nc3ccccc3s2)CCS[C@@H]1c1ccc(Oc2ccccc2)cc1. The van der Waals surface area contributed by atoms with Gasteiger partial charge in [0.05, 0.1) is 10.2 Å². The van der Waals surface area contributed by atoms with Crippen molar-refractivity contribution in [3.63, 3.8) is 0 Å². The fourth-order valence-corrected chi connectivity index (χ4v) is 5.75. The van der Waals surface area contributed by atoms with Crippen LogP contribution in [0.4, 0.5) is 5.13 Å². The van der Waals surface area contributed by atoms with Gasteiger partial charge in [0.2, 0.25) is 5.91 Å². The number of benzene rings is 3. The Morgan fingerprint density at radius 2 is 1.72 bits per heavy atom. The molecule has 2 atom stereocenters. The average Bonchev–Trinajstić information content (AvgIpc) is 3.15. The summed E-state index contributed by atoms with van der Waals surface area (Å²) < 4.78 is 7.03. The molecule has 2 heterocycles. The number of rotatable bonds is 6. The van der Waals surface area contributed by atoms with E-state index in [0.717, 1.165) is 44.6 Å². The normalized spacial score (nSPS) is 18.7. The van der Waals surface area contributed by atoms with Crippen molar-refractivity contribution in [1.82, 2.24) is 10.3 Å². The number of nitrogens with one attached hydrogen (secondary N) is 2. The Bertz CT molecular complexity index is 1160. The summed E-state index contributed by atoms with van der Waals surface area (Å²) >= 11 is 3.33. The Hall–Kier alpha value is -3.03. The van der Waals surface area contributed by atoms with E-state index in [1.165, 1.54) is 0 Å². The average molecular weight is 462 g/mol. The molecular weight excluding hydrogens is 438 g/mol. The van der Waals surface area contributed by atoms with Crippen LogP contribution in [0.3, 0.4) is 0 Å². The topological polar surface area (TPSA) is 63.2 Å². The predicted molar refractivity (Wildman–Crippen MR) is 133 cm³/mol. The molecule has 1 fully saturated rings. The van der Waals surface area contributed by atoms with Crippen LogP contribution >= 0.6 is 23.1 Å². The molecule has 0 aliphatic carbocycles. The highest BCUT2D eigenvalue weighted by Gasteiger charge is 2.27. The number of ether oxygens (including phenoxy) is 1. The van der Waals surface area contributed by atoms with Crippen LogP contribution in [0.5, 0.6) is 11.5 Å². The van der Waals surface area contributed by atoms with Crippen molar-refractivity contribution < 1.29 is 9.53 Å². The lowest BCUT2D eigenvalue weighted by Crippen LogP contribution is -2.40. The van der Waals surface area contributed by atoms with Crippen LogP contribution in [0.2, 0.25) is 0 Å². The van der Waals surface area contributed by atoms with E-state index in [1.807, 2.05) is 72.8 Å². The molecule has 1 aliphatic heterocycles. The van der Waals surface area contributed by atoms with E-state index in [-0.39, 0.29) is 17.2 Å². The van der Waals surface area contributed by atoms with Gasteiger partial charge in [-0.2, -0.15) is 0 Å². The van der Waals surface area contributed by atoms with E-state index in [0.29, 0.717) is 6.54 Å². The van der Waals surface area contributed by atoms with Gasteiger partial charge in [0.1, 0.15) is 16.7 Å². The molecule has 3 aromatic carbocycles. The zero-order valence-corrected chi connectivity index (χ0v) is 19.0. The van der Waals surface area contributed by atoms with Crippen LogP contribution in [-0.2, 0) is 4.79 Å². The van der Waals surface area contributed by atoms with Crippen LogP contribution in [-0.4, -0.2) is 29.2 Å². The van der Waals surface area contributed by atoms with Gasteiger partial charge < -0.3 is 15.4 Å². The van der Waals surface area contributed by atoms with E-state index in [9.17, 15) is 4.79 Å². The summed E-state index contributed by atoms with van der Waals surface area (Å²) in [6.07, 6.45) is 0.917. The van der Waals surface area contributed by atoms with Gasteiger partial charge in [0.25, 0.3) is 0 Å². The lowest BCUT2D eigenvalue weighted by molar-refractivity contribution is -0.121. The quantitative estimate of drug-likeness (QED) is 0.376. The summed E-state index contributed by atoms with van der Waals surface area (Å²) in [5.41, 5.74) is 1.99. The number of hydrogen-bond donors (Lipinski definition) is 2. The lowest BCUT2D eigenvalue weighted by atomic mass is 10.1. The minimum absolute atomic E-state index is 0.0559. The second-order valence-corrected chi connectivity index (χ2v) is 9.84. The third kappa shape index (κ3) is 4.89. The highest BCUT2D eigenvalue weighted by molar-refractivity contribution is 8.00. The summed E-state index contributed by atoms with van der Waals surface area (Å²) in [4.78, 5) is 17.6. The molecule has 1 aromatic heterocycles. The third-order valence-corrected chi connectivity index (χ3v) is 7.58. The predicted octanol–water partition coefficient (Wildman–Crippen LogP) is 5.86. The highest BCUT2D eigenvalue weighted by atomic mass is 32.2. The molecule has 1 saturated heterocycles. The van der Waals surface area contributed by atoms with Crippen molar-refractivity contribution in [3.05, 3.63) is 84.4 Å². The molecule has 0 radical (unpaired) electrons. The van der Waals surface area contributed by atoms with Crippen molar-refractivity contribution in [2.45, 2.75) is 17.7 Å². The third-order valence-electron chi connectivity index (χ3n) is 5.29. The second kappa shape index (κ2) is 9.63. The van der Waals surface area contributed by atoms with Gasteiger partial charge in [-0.1, -0.05) is 53.8 Å². The van der Waals surface area contributed by atoms with E-state index >= 15 is 0 Å². The number of anilines is 1. The van der Waals surface area contributed by atoms with Gasteiger partial charge in [0.15, 0.2) is 5.13 Å². The zero-order chi connectivity index (χ0) is 21.8. The van der Waals surface area contributed by atoms with Gasteiger partial charge in [-0.15, -0.1) is 11.8 Å². The molecule has 0 saturated carbocycles. The molecule has 0 spiro atoms. The van der Waals surface area contributed by atoms with Gasteiger partial charge >= 0.3 is 0 Å². The van der Waals surface area contributed by atoms with Crippen molar-refractivity contribution >= 4 is 44.4 Å². The molecule has 7 heteroatoms. The smallest absolute Gasteiger partial charge is 0.237 e. The number of fused-ring (bicyclic) bond motifs is 1. The fraction of sp³-hybridized carbons (Fsp3) is 0.200. The number of aromatic nitrogens is 1. The monoisotopic (exact) mass is 461 g/mol. The number of carbonyl (C=O) groups excluding carboxylic acids is 1. The Morgan fingerprint density at radius 3 is 2.53 bits per heavy atom. The zero-order valence-electron chi connectivity index (χ0n) is 17.4. The van der Waals surface area contributed by atoms with Gasteiger partial charge in [0, 0.05) is 12.6 Å². The van der Waals surface area contributed by atoms with Crippen LogP contribution in [0.25, 0.3) is 10.2 Å². The van der Waals surface area contributed by atoms with Gasteiger partial charge in [-0.3, -0.25) is 4.79 Å². The van der Waals surface area contributed by atoms with E-state index in [2.05, 4.69) is 21.7 Å². The van der Waals surface area contributed by atoms with E-state index < -0.39 is 0 Å². The molecule has 2 N–H and O–H groups in total. The Kier molecular flexibility index (Phi) is 6.27. The first-order chi connectivity index (χ1) is 15.7. The fourth-order valence-electron chi connectivity index (χ4n) is 3.65. The largest absolute Gasteiger partial charge is 0.457 e. The molecule has 1 aliphatic rings. The number of hydrogen-bond acceptors (Lipinski definition) is 6. The van der Waals surface area contributed by atoms with Crippen LogP contribution in [0.15, 0.2) is 78.9 Å². The highest BCUT2D eigenvalue weighted by Crippen LogP contribution is 2.34. The number of thioether (sulfide) groups is 1. The van der Waals surface area contributed by atoms with E-state index in [4.69, 9.17) is 4.74 Å². The number of carbonyl (C=O) groups is 1. The second-order valence-electron chi connectivity index (χ2n) is 7.60. The summed E-state index contributed by atoms with van der Waals surface area (Å²) in [5, 5.41) is 7.29. The van der Waals surface area contributed by atoms with Crippen molar-refractivity contribution in [1.29, 1.82) is 0 Å². The van der Waals surface area contributed by atoms with Crippen LogP contribution < -0.4 is 15.4 Å². The molecular formula is C25H23N3O2S2. The molecule has 32 heavy (non-hydrogen) atoms. The van der Waals surface area contributed by atoms with Crippen molar-refractivity contribution in [2.75, 3.05) is 17.6 Å². The maximum Gasteiger partial charge on any atom is 0.237 e. The maximum absolute atomic E-state index is 12.9. The summed E-state index contributed by atoms with van der Waals surface area (Å²) in [5.74, 6) is 2.53. The summed E-state index contributed by atoms with van der Waals surface area (Å²) in [6.45, 7) is 0.669. The Balaban J connectivity index is 1.19. The Labute approximate surface area is 195 Å². The molecule has 4 aromatic rings. The number of amides is 1. The minimum Gasteiger partial charge on any atom is -0.457 e. The molecule has 1 amide bonds. The molecule has 5 rings (SSSR count). The molecule has 5 nitrogen and oxygen atoms in total. The first kappa shape index (κ1) is 20.8. The van der Waals surface area contributed by atoms with Gasteiger partial charge in [-0.05, 0) is 54.1 Å². The van der Waals surface area contributed by atoms with Crippen LogP contribution in [0, 0.1) is 0 Å². The summed E-state index contributed by atoms with van der Waals surface area (Å²) in [7, 11) is 0. The first-order valence-electron chi connectivity index (χ1n) is 10.6. The van der Waals surface area contributed by atoms with E-state index in [1.54, 1.807) is 23.1 Å². The van der Waals surface area contributed by atoms with Gasteiger partial charge in [-0.25, -0.2) is 4.98 Å². The minimum atomic E-state index is -0.215.